The average Bonchev–Trinajstić information content (AvgIpc) is 3.17. The van der Waals surface area contributed by atoms with E-state index in [-0.39, 0.29) is 11.9 Å². The van der Waals surface area contributed by atoms with Crippen LogP contribution < -0.4 is 10.1 Å². The van der Waals surface area contributed by atoms with Crippen LogP contribution in [-0.4, -0.2) is 53.6 Å². The molecular weight excluding hydrogens is 354 g/mol. The monoisotopic (exact) mass is 379 g/mol. The zero-order valence-electron chi connectivity index (χ0n) is 16.4. The van der Waals surface area contributed by atoms with Crippen molar-refractivity contribution in [2.45, 2.75) is 12.6 Å². The molecule has 0 fully saturated rings. The van der Waals surface area contributed by atoms with E-state index in [1.165, 1.54) is 0 Å². The fourth-order valence-corrected chi connectivity index (χ4v) is 2.95. The number of nitrogens with zero attached hydrogens (tertiary/aromatic N) is 4. The van der Waals surface area contributed by atoms with Gasteiger partial charge >= 0.3 is 0 Å². The Morgan fingerprint density at radius 2 is 1.86 bits per heavy atom. The van der Waals surface area contributed by atoms with Gasteiger partial charge in [0.1, 0.15) is 5.75 Å². The number of carbonyl (C=O) groups excluding carboxylic acids is 1. The average molecular weight is 379 g/mol. The molecular formula is C21H25N5O2. The van der Waals surface area contributed by atoms with Gasteiger partial charge in [0.05, 0.1) is 25.9 Å². The summed E-state index contributed by atoms with van der Waals surface area (Å²) in [5.74, 6) is 0.569. The zero-order valence-corrected chi connectivity index (χ0v) is 16.4. The van der Waals surface area contributed by atoms with Crippen LogP contribution in [0.25, 0.3) is 0 Å². The fraction of sp³-hybridized carbons (Fsp3) is 0.286. The summed E-state index contributed by atoms with van der Waals surface area (Å²) < 4.78 is 6.87. The molecule has 0 saturated carbocycles. The van der Waals surface area contributed by atoms with E-state index in [1.807, 2.05) is 68.7 Å². The van der Waals surface area contributed by atoms with Crippen LogP contribution in [0.2, 0.25) is 0 Å². The Hall–Kier alpha value is -3.19. The number of amides is 1. The molecule has 0 aliphatic carbocycles. The van der Waals surface area contributed by atoms with Gasteiger partial charge in [0, 0.05) is 6.54 Å². The summed E-state index contributed by atoms with van der Waals surface area (Å²) in [5.41, 5.74) is 2.51. The molecule has 1 aromatic heterocycles. The van der Waals surface area contributed by atoms with Crippen molar-refractivity contribution in [1.29, 1.82) is 0 Å². The summed E-state index contributed by atoms with van der Waals surface area (Å²) in [4.78, 5) is 14.6. The Morgan fingerprint density at radius 3 is 2.50 bits per heavy atom. The van der Waals surface area contributed by atoms with E-state index in [4.69, 9.17) is 4.74 Å². The maximum Gasteiger partial charge on any atom is 0.273 e. The lowest BCUT2D eigenvalue weighted by molar-refractivity contribution is 0.0937. The van der Waals surface area contributed by atoms with Crippen LogP contribution in [0.15, 0.2) is 60.8 Å². The quantitative estimate of drug-likeness (QED) is 0.651. The van der Waals surface area contributed by atoms with E-state index in [9.17, 15) is 4.79 Å². The van der Waals surface area contributed by atoms with Crippen molar-refractivity contribution in [3.63, 3.8) is 0 Å². The molecule has 1 heterocycles. The van der Waals surface area contributed by atoms with Gasteiger partial charge in [-0.05, 0) is 37.4 Å². The van der Waals surface area contributed by atoms with E-state index in [2.05, 4.69) is 20.5 Å². The van der Waals surface area contributed by atoms with Gasteiger partial charge in [0.2, 0.25) is 0 Å². The maximum atomic E-state index is 12.5. The minimum atomic E-state index is -0.236. The largest absolute Gasteiger partial charge is 0.497 e. The van der Waals surface area contributed by atoms with Gasteiger partial charge in [-0.25, -0.2) is 4.68 Å². The molecule has 1 atom stereocenters. The summed E-state index contributed by atoms with van der Waals surface area (Å²) >= 11 is 0. The molecule has 3 aromatic rings. The molecule has 1 amide bonds. The number of carbonyl (C=O) groups is 1. The third-order valence-electron chi connectivity index (χ3n) is 4.54. The van der Waals surface area contributed by atoms with Crippen molar-refractivity contribution < 1.29 is 9.53 Å². The first-order chi connectivity index (χ1) is 13.6. The van der Waals surface area contributed by atoms with Crippen LogP contribution in [0.4, 0.5) is 0 Å². The molecule has 7 nitrogen and oxygen atoms in total. The summed E-state index contributed by atoms with van der Waals surface area (Å²) in [6.45, 7) is 1.04. The highest BCUT2D eigenvalue weighted by atomic mass is 16.5. The van der Waals surface area contributed by atoms with E-state index < -0.39 is 0 Å². The molecule has 1 unspecified atom stereocenters. The van der Waals surface area contributed by atoms with Crippen molar-refractivity contribution >= 4 is 5.91 Å². The maximum absolute atomic E-state index is 12.5. The molecule has 0 aliphatic heterocycles. The Kier molecular flexibility index (Phi) is 6.39. The minimum absolute atomic E-state index is 0.0363. The van der Waals surface area contributed by atoms with Crippen LogP contribution in [-0.2, 0) is 6.54 Å². The predicted octanol–water partition coefficient (Wildman–Crippen LogP) is 2.37. The van der Waals surface area contributed by atoms with E-state index in [0.717, 1.165) is 16.9 Å². The number of rotatable bonds is 8. The highest BCUT2D eigenvalue weighted by Crippen LogP contribution is 2.20. The second-order valence-corrected chi connectivity index (χ2v) is 6.75. The standard InChI is InChI=1S/C21H25N5O2/c1-25(2)20(17-9-11-18(28-3)12-10-17)13-22-21(27)19-15-26(24-23-19)14-16-7-5-4-6-8-16/h4-12,15,20H,13-14H2,1-3H3,(H,22,27). The molecule has 1 N–H and O–H groups in total. The highest BCUT2D eigenvalue weighted by Gasteiger charge is 2.17. The van der Waals surface area contributed by atoms with Crippen molar-refractivity contribution in [3.8, 4) is 5.75 Å². The number of benzene rings is 2. The van der Waals surface area contributed by atoms with Crippen LogP contribution >= 0.6 is 0 Å². The number of nitrogens with one attached hydrogen (secondary N) is 1. The first kappa shape index (κ1) is 19.6. The summed E-state index contributed by atoms with van der Waals surface area (Å²) in [6.07, 6.45) is 1.67. The summed E-state index contributed by atoms with van der Waals surface area (Å²) in [6, 6.07) is 17.8. The normalized spacial score (nSPS) is 12.0. The Balaban J connectivity index is 1.61. The van der Waals surface area contributed by atoms with Gasteiger partial charge < -0.3 is 15.0 Å². The topological polar surface area (TPSA) is 72.3 Å². The molecule has 146 valence electrons. The summed E-state index contributed by atoms with van der Waals surface area (Å²) in [7, 11) is 5.61. The SMILES string of the molecule is COc1ccc(C(CNC(=O)c2cn(Cc3ccccc3)nn2)N(C)C)cc1. The van der Waals surface area contributed by atoms with Gasteiger partial charge in [-0.2, -0.15) is 0 Å². The van der Waals surface area contributed by atoms with Gasteiger partial charge in [0.15, 0.2) is 5.69 Å². The lowest BCUT2D eigenvalue weighted by atomic mass is 10.1. The third-order valence-corrected chi connectivity index (χ3v) is 4.54. The molecule has 2 aromatic carbocycles. The second kappa shape index (κ2) is 9.14. The molecule has 3 rings (SSSR count). The molecule has 28 heavy (non-hydrogen) atoms. The molecule has 0 aliphatic rings. The van der Waals surface area contributed by atoms with Gasteiger partial charge in [-0.3, -0.25) is 4.79 Å². The lowest BCUT2D eigenvalue weighted by Gasteiger charge is -2.25. The van der Waals surface area contributed by atoms with Gasteiger partial charge in [0.25, 0.3) is 5.91 Å². The van der Waals surface area contributed by atoms with Crippen LogP contribution in [0.5, 0.6) is 5.75 Å². The molecule has 7 heteroatoms. The van der Waals surface area contributed by atoms with Gasteiger partial charge in [-0.1, -0.05) is 47.7 Å². The van der Waals surface area contributed by atoms with Crippen molar-refractivity contribution in [2.24, 2.45) is 0 Å². The van der Waals surface area contributed by atoms with E-state index >= 15 is 0 Å². The fourth-order valence-electron chi connectivity index (χ4n) is 2.95. The smallest absolute Gasteiger partial charge is 0.273 e. The van der Waals surface area contributed by atoms with Crippen molar-refractivity contribution in [3.05, 3.63) is 77.6 Å². The minimum Gasteiger partial charge on any atom is -0.497 e. The number of hydrogen-bond donors (Lipinski definition) is 1. The van der Waals surface area contributed by atoms with Crippen LogP contribution in [0, 0.1) is 0 Å². The van der Waals surface area contributed by atoms with Crippen LogP contribution in [0.1, 0.15) is 27.7 Å². The van der Waals surface area contributed by atoms with E-state index in [1.54, 1.807) is 18.0 Å². The first-order valence-corrected chi connectivity index (χ1v) is 9.09. The molecule has 0 bridgehead atoms. The molecule has 0 spiro atoms. The zero-order chi connectivity index (χ0) is 19.9. The predicted molar refractivity (Wildman–Crippen MR) is 107 cm³/mol. The molecule has 0 saturated heterocycles. The Morgan fingerprint density at radius 1 is 1.14 bits per heavy atom. The first-order valence-electron chi connectivity index (χ1n) is 9.09. The Bertz CT molecular complexity index is 891. The lowest BCUT2D eigenvalue weighted by Crippen LogP contribution is -2.34. The van der Waals surface area contributed by atoms with E-state index in [0.29, 0.717) is 18.8 Å². The van der Waals surface area contributed by atoms with Gasteiger partial charge in [-0.15, -0.1) is 5.10 Å². The number of aromatic nitrogens is 3. The van der Waals surface area contributed by atoms with Crippen LogP contribution in [0.3, 0.4) is 0 Å². The number of ether oxygens (including phenoxy) is 1. The number of methoxy groups -OCH3 is 1. The second-order valence-electron chi connectivity index (χ2n) is 6.75. The Labute approximate surface area is 164 Å². The summed E-state index contributed by atoms with van der Waals surface area (Å²) in [5, 5.41) is 11.0. The molecule has 0 radical (unpaired) electrons. The third kappa shape index (κ3) is 4.95. The number of hydrogen-bond acceptors (Lipinski definition) is 5. The van der Waals surface area contributed by atoms with Crippen molar-refractivity contribution in [2.75, 3.05) is 27.7 Å². The highest BCUT2D eigenvalue weighted by molar-refractivity contribution is 5.91. The number of likely N-dealkylation sites (N-methyl/N-ethyl adjacent to an activating group) is 1. The van der Waals surface area contributed by atoms with Crippen molar-refractivity contribution in [1.82, 2.24) is 25.2 Å².